The topological polar surface area (TPSA) is 162 Å². The number of nitrogens with one attached hydrogen (secondary N) is 1. The molecule has 2 atom stereocenters. The van der Waals surface area contributed by atoms with E-state index in [9.17, 15) is 14.7 Å². The Labute approximate surface area is 104 Å². The Morgan fingerprint density at radius 1 is 1.50 bits per heavy atom. The van der Waals surface area contributed by atoms with E-state index in [1.165, 1.54) is 13.8 Å². The van der Waals surface area contributed by atoms with Crippen molar-refractivity contribution in [2.75, 3.05) is 19.8 Å². The number of rotatable bonds is 6. The quantitative estimate of drug-likeness (QED) is 0.281. The van der Waals surface area contributed by atoms with E-state index in [2.05, 4.69) is 4.74 Å². The van der Waals surface area contributed by atoms with Crippen molar-refractivity contribution in [3.8, 4) is 0 Å². The first-order valence-corrected chi connectivity index (χ1v) is 5.13. The summed E-state index contributed by atoms with van der Waals surface area (Å²) in [5.41, 5.74) is 4.90. The summed E-state index contributed by atoms with van der Waals surface area (Å²) in [4.78, 5) is 21.1. The highest BCUT2D eigenvalue weighted by Gasteiger charge is 2.38. The molecule has 0 aliphatic rings. The average Bonchev–Trinajstić information content (AvgIpc) is 2.29. The number of ether oxygens (including phenoxy) is 1. The van der Waals surface area contributed by atoms with Crippen LogP contribution in [-0.2, 0) is 14.3 Å². The van der Waals surface area contributed by atoms with Gasteiger partial charge in [0.2, 0.25) is 5.91 Å². The van der Waals surface area contributed by atoms with Crippen LogP contribution in [0.25, 0.3) is 0 Å². The van der Waals surface area contributed by atoms with E-state index in [1.807, 2.05) is 0 Å². The molecule has 0 spiro atoms. The molecule has 0 aliphatic heterocycles. The van der Waals surface area contributed by atoms with E-state index >= 15 is 0 Å². The van der Waals surface area contributed by atoms with Gasteiger partial charge in [-0.05, 0) is 13.8 Å². The fourth-order valence-corrected chi connectivity index (χ4v) is 0.600. The van der Waals surface area contributed by atoms with Gasteiger partial charge in [0.15, 0.2) is 0 Å². The van der Waals surface area contributed by atoms with E-state index in [-0.39, 0.29) is 13.2 Å². The molecule has 0 radical (unpaired) electrons. The molecule has 2 unspecified atom stereocenters. The van der Waals surface area contributed by atoms with E-state index in [4.69, 9.17) is 21.1 Å². The summed E-state index contributed by atoms with van der Waals surface area (Å²) in [7, 11) is 0. The standard InChI is InChI=1S/C6H12N2O5.C3H8O2/c1-2-13-6(12,5(10)11)8-4(9)3-7;1-3(5)2-4/h12H,2-3,7H2,1H3,(H,8,9)(H,10,11);3-5H,2H2,1H3. The maximum Gasteiger partial charge on any atom is 0.387 e. The summed E-state index contributed by atoms with van der Waals surface area (Å²) in [6.07, 6.45) is -0.560. The molecule has 1 amide bonds. The summed E-state index contributed by atoms with van der Waals surface area (Å²) < 4.78 is 4.43. The van der Waals surface area contributed by atoms with Gasteiger partial charge in [-0.1, -0.05) is 0 Å². The second kappa shape index (κ2) is 9.74. The fourth-order valence-electron chi connectivity index (χ4n) is 0.600. The number of hydrogen-bond acceptors (Lipinski definition) is 7. The monoisotopic (exact) mass is 268 g/mol. The average molecular weight is 268 g/mol. The molecule has 0 heterocycles. The Balaban J connectivity index is 0. The van der Waals surface area contributed by atoms with Crippen molar-refractivity contribution in [2.45, 2.75) is 25.9 Å². The summed E-state index contributed by atoms with van der Waals surface area (Å²) in [5.74, 6) is -5.21. The highest BCUT2D eigenvalue weighted by atomic mass is 16.7. The first-order valence-electron chi connectivity index (χ1n) is 5.13. The van der Waals surface area contributed by atoms with Gasteiger partial charge < -0.3 is 30.9 Å². The van der Waals surface area contributed by atoms with Crippen molar-refractivity contribution in [3.63, 3.8) is 0 Å². The molecule has 0 fully saturated rings. The summed E-state index contributed by atoms with van der Waals surface area (Å²) in [6.45, 7) is 2.37. The maximum atomic E-state index is 10.7. The second-order valence-corrected chi connectivity index (χ2v) is 3.17. The highest BCUT2D eigenvalue weighted by Crippen LogP contribution is 2.01. The van der Waals surface area contributed by atoms with Gasteiger partial charge in [0, 0.05) is 6.61 Å². The normalized spacial score (nSPS) is 14.8. The molecule has 0 aromatic carbocycles. The molecule has 0 aromatic heterocycles. The Bertz CT molecular complexity index is 259. The molecule has 0 aliphatic carbocycles. The summed E-state index contributed by atoms with van der Waals surface area (Å²) >= 11 is 0. The van der Waals surface area contributed by atoms with Crippen molar-refractivity contribution in [1.29, 1.82) is 0 Å². The van der Waals surface area contributed by atoms with Gasteiger partial charge in [0.1, 0.15) is 0 Å². The van der Waals surface area contributed by atoms with Crippen LogP contribution in [0.1, 0.15) is 13.8 Å². The SMILES string of the molecule is CC(O)CO.CCOC(O)(NC(=O)CN)C(=O)O. The number of carboxylic acids is 1. The second-order valence-electron chi connectivity index (χ2n) is 3.17. The Kier molecular flexibility index (Phi) is 10.3. The molecule has 108 valence electrons. The zero-order valence-corrected chi connectivity index (χ0v) is 10.3. The van der Waals surface area contributed by atoms with Crippen LogP contribution < -0.4 is 11.1 Å². The fraction of sp³-hybridized carbons (Fsp3) is 0.778. The number of aliphatic hydroxyl groups excluding tert-OH is 2. The third-order valence-electron chi connectivity index (χ3n) is 1.40. The number of carboxylic acid groups (broad SMARTS) is 1. The third-order valence-corrected chi connectivity index (χ3v) is 1.40. The van der Waals surface area contributed by atoms with Crippen molar-refractivity contribution in [1.82, 2.24) is 5.32 Å². The van der Waals surface area contributed by atoms with Gasteiger partial charge >= 0.3 is 11.9 Å². The number of amides is 1. The third kappa shape index (κ3) is 8.84. The van der Waals surface area contributed by atoms with Crippen LogP contribution in [0.3, 0.4) is 0 Å². The first-order chi connectivity index (χ1) is 8.23. The predicted octanol–water partition coefficient (Wildman–Crippen LogP) is -2.81. The van der Waals surface area contributed by atoms with Crippen molar-refractivity contribution in [3.05, 3.63) is 0 Å². The largest absolute Gasteiger partial charge is 0.476 e. The molecule has 7 N–H and O–H groups in total. The lowest BCUT2D eigenvalue weighted by molar-refractivity contribution is -0.234. The number of nitrogens with two attached hydrogens (primary N) is 1. The van der Waals surface area contributed by atoms with Crippen LogP contribution in [0.5, 0.6) is 0 Å². The van der Waals surface area contributed by atoms with Gasteiger partial charge in [-0.15, -0.1) is 0 Å². The van der Waals surface area contributed by atoms with Crippen LogP contribution >= 0.6 is 0 Å². The van der Waals surface area contributed by atoms with Crippen LogP contribution in [0.4, 0.5) is 0 Å². The lowest BCUT2D eigenvalue weighted by Gasteiger charge is -2.23. The van der Waals surface area contributed by atoms with E-state index < -0.39 is 30.4 Å². The van der Waals surface area contributed by atoms with Crippen molar-refractivity contribution >= 4 is 11.9 Å². The first kappa shape index (κ1) is 19.1. The lowest BCUT2D eigenvalue weighted by Crippen LogP contribution is -2.57. The van der Waals surface area contributed by atoms with Gasteiger partial charge in [0.25, 0.3) is 0 Å². The van der Waals surface area contributed by atoms with Crippen LogP contribution in [0.15, 0.2) is 0 Å². The van der Waals surface area contributed by atoms with Gasteiger partial charge in [-0.2, -0.15) is 0 Å². The molecule has 0 aromatic rings. The zero-order valence-electron chi connectivity index (χ0n) is 10.3. The minimum Gasteiger partial charge on any atom is -0.476 e. The Morgan fingerprint density at radius 2 is 1.94 bits per heavy atom. The highest BCUT2D eigenvalue weighted by molar-refractivity contribution is 5.85. The molecular weight excluding hydrogens is 248 g/mol. The van der Waals surface area contributed by atoms with Crippen LogP contribution in [-0.4, -0.2) is 64.1 Å². The van der Waals surface area contributed by atoms with Crippen LogP contribution in [0, 0.1) is 0 Å². The Morgan fingerprint density at radius 3 is 2.17 bits per heavy atom. The number of carbonyl (C=O) groups excluding carboxylic acids is 1. The number of aliphatic hydroxyl groups is 3. The van der Waals surface area contributed by atoms with E-state index in [0.717, 1.165) is 0 Å². The number of hydrogen-bond donors (Lipinski definition) is 6. The molecule has 18 heavy (non-hydrogen) atoms. The molecule has 0 rings (SSSR count). The molecule has 0 bridgehead atoms. The van der Waals surface area contributed by atoms with Crippen LogP contribution in [0.2, 0.25) is 0 Å². The maximum absolute atomic E-state index is 10.7. The zero-order chi connectivity index (χ0) is 14.8. The summed E-state index contributed by atoms with van der Waals surface area (Å²) in [6, 6.07) is 0. The smallest absolute Gasteiger partial charge is 0.387 e. The minimum atomic E-state index is -2.69. The Hall–Kier alpha value is -1.26. The molecule has 0 saturated carbocycles. The van der Waals surface area contributed by atoms with Gasteiger partial charge in [-0.3, -0.25) is 10.1 Å². The lowest BCUT2D eigenvalue weighted by atomic mass is 10.4. The molecule has 0 saturated heterocycles. The molecule has 9 heteroatoms. The molecule has 9 nitrogen and oxygen atoms in total. The number of carbonyl (C=O) groups is 2. The van der Waals surface area contributed by atoms with E-state index in [0.29, 0.717) is 0 Å². The van der Waals surface area contributed by atoms with Gasteiger partial charge in [0.05, 0.1) is 19.3 Å². The van der Waals surface area contributed by atoms with Crippen molar-refractivity contribution in [2.24, 2.45) is 5.73 Å². The number of aliphatic carboxylic acids is 1. The van der Waals surface area contributed by atoms with Crippen molar-refractivity contribution < 1.29 is 34.8 Å². The minimum absolute atomic E-state index is 0.0619. The molecular formula is C9H20N2O7. The predicted molar refractivity (Wildman–Crippen MR) is 60.2 cm³/mol. The van der Waals surface area contributed by atoms with Gasteiger partial charge in [-0.25, -0.2) is 4.79 Å². The summed E-state index contributed by atoms with van der Waals surface area (Å²) in [5, 5.41) is 35.4. The van der Waals surface area contributed by atoms with E-state index in [1.54, 1.807) is 5.32 Å².